The Hall–Kier alpha value is -0.780. The van der Waals surface area contributed by atoms with Crippen LogP contribution in [0.2, 0.25) is 0 Å². The monoisotopic (exact) mass is 271 g/mol. The van der Waals surface area contributed by atoms with Crippen molar-refractivity contribution in [2.24, 2.45) is 16.5 Å². The van der Waals surface area contributed by atoms with Crippen LogP contribution in [0.3, 0.4) is 0 Å². The van der Waals surface area contributed by atoms with Crippen molar-refractivity contribution >= 4 is 36.6 Å². The van der Waals surface area contributed by atoms with Gasteiger partial charge in [0.25, 0.3) is 0 Å². The van der Waals surface area contributed by atoms with Crippen LogP contribution in [0.1, 0.15) is 19.8 Å². The molecule has 0 aliphatic heterocycles. The van der Waals surface area contributed by atoms with E-state index in [1.54, 1.807) is 13.0 Å². The molecule has 7 heteroatoms. The predicted octanol–water partition coefficient (Wildman–Crippen LogP) is 0.955. The topological polar surface area (TPSA) is 102 Å². The minimum atomic E-state index is -1.02. The third-order valence-electron chi connectivity index (χ3n) is 1.52. The van der Waals surface area contributed by atoms with Gasteiger partial charge in [0.2, 0.25) is 0 Å². The largest absolute Gasteiger partial charge is 0.480 e. The molecule has 0 aliphatic carbocycles. The molecule has 5 N–H and O–H groups in total. The summed E-state index contributed by atoms with van der Waals surface area (Å²) in [6.07, 6.45) is 4.83. The van der Waals surface area contributed by atoms with Gasteiger partial charge in [-0.05, 0) is 19.8 Å². The molecule has 0 heterocycles. The molecule has 0 radical (unpaired) electrons. The van der Waals surface area contributed by atoms with Crippen molar-refractivity contribution in [3.63, 3.8) is 0 Å². The number of carbonyl (C=O) groups is 1. The summed E-state index contributed by atoms with van der Waals surface area (Å²) in [6, 6.07) is -0.908. The zero-order valence-electron chi connectivity index (χ0n) is 9.13. The minimum Gasteiger partial charge on any atom is -0.480 e. The number of carboxylic acid groups (broad SMARTS) is 1. The van der Waals surface area contributed by atoms with E-state index < -0.39 is 12.0 Å². The summed E-state index contributed by atoms with van der Waals surface area (Å²) in [5.41, 5.74) is 10.6. The third-order valence-corrected chi connectivity index (χ3v) is 1.52. The average Bonchev–Trinajstić information content (AvgIpc) is 2.09. The zero-order chi connectivity index (χ0) is 11.0. The highest BCUT2D eigenvalue weighted by Gasteiger charge is 2.04. The fourth-order valence-corrected chi connectivity index (χ4v) is 0.790. The maximum absolute atomic E-state index is 10.3. The SMILES string of the molecule is CC(N)=NCCC/C=C/[C@@H](N)C(=O)O.Cl.Cl. The number of aliphatic carboxylic acids is 1. The Labute approximate surface area is 108 Å². The van der Waals surface area contributed by atoms with Crippen molar-refractivity contribution in [2.45, 2.75) is 25.8 Å². The standard InChI is InChI=1S/C9H17N3O2.2ClH/c1-7(10)12-6-4-2-3-5-8(11)9(13)14;;/h3,5,8H,2,4,6,11H2,1H3,(H2,10,12)(H,13,14);2*1H/b5-3+;;/t8-;;/m1../s1. The van der Waals surface area contributed by atoms with Gasteiger partial charge >= 0.3 is 5.97 Å². The number of hydrogen-bond acceptors (Lipinski definition) is 3. The fourth-order valence-electron chi connectivity index (χ4n) is 0.790. The van der Waals surface area contributed by atoms with Crippen molar-refractivity contribution in [1.82, 2.24) is 0 Å². The Morgan fingerprint density at radius 3 is 2.50 bits per heavy atom. The van der Waals surface area contributed by atoms with Gasteiger partial charge in [-0.25, -0.2) is 0 Å². The average molecular weight is 272 g/mol. The predicted molar refractivity (Wildman–Crippen MR) is 70.6 cm³/mol. The maximum atomic E-state index is 10.3. The molecule has 0 unspecified atom stereocenters. The molecule has 5 nitrogen and oxygen atoms in total. The summed E-state index contributed by atoms with van der Waals surface area (Å²) in [5.74, 6) is -0.451. The number of halogens is 2. The molecule has 0 bridgehead atoms. The molecular formula is C9H19Cl2N3O2. The van der Waals surface area contributed by atoms with E-state index in [2.05, 4.69) is 4.99 Å². The Balaban J connectivity index is -0.000000845. The van der Waals surface area contributed by atoms with E-state index >= 15 is 0 Å². The van der Waals surface area contributed by atoms with Crippen LogP contribution in [0.4, 0.5) is 0 Å². The molecule has 0 aromatic rings. The summed E-state index contributed by atoms with van der Waals surface area (Å²) in [5, 5.41) is 8.44. The second-order valence-corrected chi connectivity index (χ2v) is 2.96. The second-order valence-electron chi connectivity index (χ2n) is 2.96. The van der Waals surface area contributed by atoms with Crippen molar-refractivity contribution in [1.29, 1.82) is 0 Å². The Morgan fingerprint density at radius 1 is 1.50 bits per heavy atom. The van der Waals surface area contributed by atoms with Gasteiger partial charge in [-0.3, -0.25) is 9.79 Å². The van der Waals surface area contributed by atoms with Gasteiger partial charge in [0.1, 0.15) is 6.04 Å². The highest BCUT2D eigenvalue weighted by molar-refractivity contribution is 5.85. The van der Waals surface area contributed by atoms with Gasteiger partial charge < -0.3 is 16.6 Å². The lowest BCUT2D eigenvalue weighted by atomic mass is 10.2. The minimum absolute atomic E-state index is 0. The number of nitrogens with two attached hydrogens (primary N) is 2. The summed E-state index contributed by atoms with van der Waals surface area (Å²) in [4.78, 5) is 14.3. The van der Waals surface area contributed by atoms with Gasteiger partial charge in [-0.15, -0.1) is 24.8 Å². The number of amidine groups is 1. The molecule has 0 aliphatic rings. The molecule has 16 heavy (non-hydrogen) atoms. The van der Waals surface area contributed by atoms with Crippen LogP contribution >= 0.6 is 24.8 Å². The van der Waals surface area contributed by atoms with Crippen LogP contribution in [0, 0.1) is 0 Å². The highest BCUT2D eigenvalue weighted by atomic mass is 35.5. The number of rotatable bonds is 6. The van der Waals surface area contributed by atoms with Crippen molar-refractivity contribution in [3.05, 3.63) is 12.2 Å². The van der Waals surface area contributed by atoms with Crippen LogP contribution in [0.15, 0.2) is 17.1 Å². The Kier molecular flexibility index (Phi) is 15.8. The number of allylic oxidation sites excluding steroid dienone is 1. The molecule has 0 saturated heterocycles. The van der Waals surface area contributed by atoms with Gasteiger partial charge in [0.05, 0.1) is 5.84 Å². The summed E-state index contributed by atoms with van der Waals surface area (Å²) in [6.45, 7) is 2.39. The first-order valence-electron chi connectivity index (χ1n) is 4.45. The van der Waals surface area contributed by atoms with Gasteiger partial charge in [-0.1, -0.05) is 12.2 Å². The quantitative estimate of drug-likeness (QED) is 0.290. The van der Waals surface area contributed by atoms with Gasteiger partial charge in [0, 0.05) is 6.54 Å². The number of unbranched alkanes of at least 4 members (excludes halogenated alkanes) is 1. The van der Waals surface area contributed by atoms with Crippen LogP contribution in [0.25, 0.3) is 0 Å². The number of carboxylic acids is 1. The highest BCUT2D eigenvalue weighted by Crippen LogP contribution is 1.93. The number of hydrogen-bond donors (Lipinski definition) is 3. The zero-order valence-corrected chi connectivity index (χ0v) is 10.8. The molecule has 0 spiro atoms. The Bertz CT molecular complexity index is 241. The fraction of sp³-hybridized carbons (Fsp3) is 0.556. The maximum Gasteiger partial charge on any atom is 0.324 e. The first-order valence-corrected chi connectivity index (χ1v) is 4.45. The lowest BCUT2D eigenvalue weighted by Gasteiger charge is -1.97. The van der Waals surface area contributed by atoms with Crippen LogP contribution in [-0.4, -0.2) is 29.5 Å². The van der Waals surface area contributed by atoms with Crippen LogP contribution < -0.4 is 11.5 Å². The lowest BCUT2D eigenvalue weighted by molar-refractivity contribution is -0.137. The summed E-state index contributed by atoms with van der Waals surface area (Å²) >= 11 is 0. The van der Waals surface area contributed by atoms with Crippen LogP contribution in [0.5, 0.6) is 0 Å². The molecule has 0 aromatic carbocycles. The summed E-state index contributed by atoms with van der Waals surface area (Å²) in [7, 11) is 0. The van der Waals surface area contributed by atoms with E-state index in [4.69, 9.17) is 16.6 Å². The first-order chi connectivity index (χ1) is 6.54. The molecule has 0 amide bonds. The normalized spacial score (nSPS) is 12.8. The number of nitrogens with zero attached hydrogens (tertiary/aromatic N) is 1. The van der Waals surface area contributed by atoms with E-state index in [0.717, 1.165) is 12.8 Å². The third kappa shape index (κ3) is 13.2. The molecular weight excluding hydrogens is 253 g/mol. The van der Waals surface area contributed by atoms with Crippen LogP contribution in [-0.2, 0) is 4.79 Å². The summed E-state index contributed by atoms with van der Waals surface area (Å²) < 4.78 is 0. The van der Waals surface area contributed by atoms with E-state index in [1.807, 2.05) is 0 Å². The van der Waals surface area contributed by atoms with E-state index in [0.29, 0.717) is 12.4 Å². The molecule has 0 saturated carbocycles. The first kappa shape index (κ1) is 20.6. The molecule has 0 rings (SSSR count). The van der Waals surface area contributed by atoms with Crippen molar-refractivity contribution in [3.8, 4) is 0 Å². The van der Waals surface area contributed by atoms with E-state index in [1.165, 1.54) is 6.08 Å². The van der Waals surface area contributed by atoms with Crippen molar-refractivity contribution in [2.75, 3.05) is 6.54 Å². The molecule has 1 atom stereocenters. The van der Waals surface area contributed by atoms with Gasteiger partial charge in [-0.2, -0.15) is 0 Å². The Morgan fingerprint density at radius 2 is 2.06 bits per heavy atom. The second kappa shape index (κ2) is 12.3. The van der Waals surface area contributed by atoms with E-state index in [9.17, 15) is 4.79 Å². The molecule has 0 fully saturated rings. The smallest absolute Gasteiger partial charge is 0.324 e. The number of aliphatic imine (C=N–C) groups is 1. The van der Waals surface area contributed by atoms with E-state index in [-0.39, 0.29) is 24.8 Å². The molecule has 0 aromatic heterocycles. The van der Waals surface area contributed by atoms with Gasteiger partial charge in [0.15, 0.2) is 0 Å². The van der Waals surface area contributed by atoms with Crippen molar-refractivity contribution < 1.29 is 9.90 Å². The molecule has 96 valence electrons. The lowest BCUT2D eigenvalue weighted by Crippen LogP contribution is -2.27.